The number of alkyl halides is 3. The molecule has 0 radical (unpaired) electrons. The Kier molecular flexibility index (Phi) is 63.3. The molecule has 0 aliphatic heterocycles. The zero-order chi connectivity index (χ0) is 64.0. The monoisotopic (exact) mass is 1140 g/mol. The van der Waals surface area contributed by atoms with Gasteiger partial charge in [0, 0.05) is 124 Å². The number of nitrogens with zero attached hydrogens (tertiary/aromatic N) is 1. The number of ether oxygens (including phenoxy) is 1. The number of amides is 7. The quantitative estimate of drug-likeness (QED) is 0.0506. The van der Waals surface area contributed by atoms with Crippen LogP contribution in [-0.4, -0.2) is 143 Å². The van der Waals surface area contributed by atoms with Gasteiger partial charge >= 0.3 is 0 Å². The van der Waals surface area contributed by atoms with E-state index >= 15 is 0 Å². The Hall–Kier alpha value is -4.40. The molecule has 0 aromatic rings. The van der Waals surface area contributed by atoms with Crippen molar-refractivity contribution >= 4 is 64.3 Å². The molecule has 77 heavy (non-hydrogen) atoms. The SMILES string of the molecule is C.CC(=O)C(C)C.CC(C)C(=O)N(C)C.CC(C)C(=O)NC1CC1.CC(C)C(=O)NCC(C)(F)F.CC(F)CNC(=O)C(C)C.CNC(=O)C(C)C.CNC(=S)C(C)C.COCCNC(=O)C(C)C.[2H]C([2H])(C)NC(=O)C(C)C. The number of carbonyl (C=O) groups excluding carboxylic acids is 8. The lowest BCUT2D eigenvalue weighted by Crippen LogP contribution is -2.36. The third kappa shape index (κ3) is 80.6. The minimum Gasteiger partial charge on any atom is -0.383 e. The largest absolute Gasteiger partial charge is 0.383 e. The summed E-state index contributed by atoms with van der Waals surface area (Å²) in [5, 5.41) is 17.9. The highest BCUT2D eigenvalue weighted by Gasteiger charge is 2.24. The van der Waals surface area contributed by atoms with Crippen LogP contribution in [0.25, 0.3) is 0 Å². The zero-order valence-electron chi connectivity index (χ0n) is 54.3. The second-order valence-electron chi connectivity index (χ2n) is 20.6. The summed E-state index contributed by atoms with van der Waals surface area (Å²) in [5.41, 5.74) is 0. The molecule has 1 atom stereocenters. The molecule has 0 spiro atoms. The molecule has 17 nitrogen and oxygen atoms in total. The number of ketones is 1. The van der Waals surface area contributed by atoms with E-state index in [-0.39, 0.29) is 108 Å². The fourth-order valence-electron chi connectivity index (χ4n) is 3.33. The number of halogens is 3. The first-order valence-corrected chi connectivity index (χ1v) is 26.7. The molecule has 7 amide bonds. The number of thiocarbonyl (C=S) groups is 1. The Morgan fingerprint density at radius 1 is 0.597 bits per heavy atom. The Bertz CT molecular complexity index is 1590. The highest BCUT2D eigenvalue weighted by molar-refractivity contribution is 7.80. The number of rotatable bonds is 18. The van der Waals surface area contributed by atoms with Gasteiger partial charge in [0.15, 0.2) is 0 Å². The van der Waals surface area contributed by atoms with Gasteiger partial charge in [-0.25, -0.2) is 13.2 Å². The van der Waals surface area contributed by atoms with E-state index in [4.69, 9.17) is 19.7 Å². The molecule has 0 aromatic carbocycles. The molecule has 21 heteroatoms. The molecule has 0 bridgehead atoms. The van der Waals surface area contributed by atoms with Crippen molar-refractivity contribution in [2.45, 2.75) is 191 Å². The normalized spacial score (nSPS) is 11.8. The Labute approximate surface area is 476 Å². The second-order valence-corrected chi connectivity index (χ2v) is 21.0. The van der Waals surface area contributed by atoms with Gasteiger partial charge in [0.05, 0.1) is 18.1 Å². The van der Waals surface area contributed by atoms with Crippen molar-refractivity contribution < 1.29 is 59.0 Å². The van der Waals surface area contributed by atoms with Crippen LogP contribution in [0.2, 0.25) is 0 Å². The molecule has 1 aliphatic carbocycles. The molecule has 1 fully saturated rings. The van der Waals surface area contributed by atoms with Crippen LogP contribution in [0.15, 0.2) is 0 Å². The third-order valence-electron chi connectivity index (χ3n) is 8.82. The van der Waals surface area contributed by atoms with Gasteiger partial charge in [-0.05, 0) is 33.6 Å². The summed E-state index contributed by atoms with van der Waals surface area (Å²) < 4.78 is 55.1. The van der Waals surface area contributed by atoms with Crippen LogP contribution >= 0.6 is 12.2 Å². The van der Waals surface area contributed by atoms with E-state index in [1.54, 1.807) is 81.6 Å². The second kappa shape index (κ2) is 56.3. The van der Waals surface area contributed by atoms with Gasteiger partial charge in [0.1, 0.15) is 12.0 Å². The van der Waals surface area contributed by atoms with E-state index in [0.717, 1.165) is 11.9 Å². The molecule has 1 aliphatic rings. The first-order chi connectivity index (χ1) is 35.1. The van der Waals surface area contributed by atoms with Crippen LogP contribution in [0.1, 0.15) is 175 Å². The van der Waals surface area contributed by atoms with Crippen molar-refractivity contribution in [2.24, 2.45) is 53.3 Å². The molecule has 1 saturated carbocycles. The van der Waals surface area contributed by atoms with Crippen molar-refractivity contribution in [3.63, 3.8) is 0 Å². The van der Waals surface area contributed by atoms with Crippen molar-refractivity contribution in [1.82, 2.24) is 42.1 Å². The van der Waals surface area contributed by atoms with E-state index in [1.807, 2.05) is 76.3 Å². The van der Waals surface area contributed by atoms with Crippen LogP contribution in [0.3, 0.4) is 0 Å². The molecule has 462 valence electrons. The molecule has 7 N–H and O–H groups in total. The van der Waals surface area contributed by atoms with E-state index < -0.39 is 25.1 Å². The van der Waals surface area contributed by atoms with Crippen LogP contribution in [0.5, 0.6) is 0 Å². The average Bonchev–Trinajstić information content (AvgIpc) is 4.13. The van der Waals surface area contributed by atoms with Crippen LogP contribution < -0.4 is 37.2 Å². The number of hydrogen-bond acceptors (Lipinski definition) is 10. The lowest BCUT2D eigenvalue weighted by atomic mass is 10.1. The Morgan fingerprint density at radius 2 is 0.948 bits per heavy atom. The van der Waals surface area contributed by atoms with Crippen molar-refractivity contribution in [1.29, 1.82) is 0 Å². The summed E-state index contributed by atoms with van der Waals surface area (Å²) in [6, 6.07) is 0.514. The molecule has 1 rings (SSSR count). The smallest absolute Gasteiger partial charge is 0.262 e. The third-order valence-corrected chi connectivity index (χ3v) is 9.49. The summed E-state index contributed by atoms with van der Waals surface area (Å²) in [4.78, 5) is 87.9. The van der Waals surface area contributed by atoms with Gasteiger partial charge in [0.25, 0.3) is 5.92 Å². The summed E-state index contributed by atoms with van der Waals surface area (Å²) in [6.07, 6.45) is 1.40. The average molecular weight is 1140 g/mol. The Morgan fingerprint density at radius 3 is 1.13 bits per heavy atom. The van der Waals surface area contributed by atoms with Gasteiger partial charge in [-0.15, -0.1) is 0 Å². The maximum absolute atomic E-state index is 12.1. The number of nitrogens with one attached hydrogen (secondary N) is 7. The fourth-order valence-corrected chi connectivity index (χ4v) is 3.33. The predicted octanol–water partition coefficient (Wildman–Crippen LogP) is 8.81. The van der Waals surface area contributed by atoms with E-state index in [2.05, 4.69) is 51.1 Å². The van der Waals surface area contributed by atoms with Gasteiger partial charge < -0.3 is 46.9 Å². The number of carbonyl (C=O) groups is 8. The minimum atomic E-state index is -2.81. The van der Waals surface area contributed by atoms with Crippen molar-refractivity contribution in [2.75, 3.05) is 68.0 Å². The fraction of sp³-hybridized carbons (Fsp3) is 0.839. The summed E-state index contributed by atoms with van der Waals surface area (Å²) >= 11 is 4.87. The van der Waals surface area contributed by atoms with Gasteiger partial charge in [-0.2, -0.15) is 0 Å². The standard InChI is InChI=1S/C7H13F2NO.C7H14FNO.C7H15NO2.C7H13NO.2C6H13NO.C5H11NO.C5H11NS.C5H10O.CH4/c1-5(2)6(11)10-4-7(3,8)9;1-5(2)7(10)9-4-6(3)8;1-6(2)7(9)8-4-5-10-3;1-5(2)7(9)8-6-3-4-6;1-5(2)6(8)7(3)4;1-4-7-6(8)5(2)3;2*1-4(2)5(7)6-3;1-4(2)5(3)6;/h5H,4H2,1-3H3,(H,10,11);5-6H,4H2,1-3H3,(H,9,10);6H,4-5H2,1-3H3,(H,8,9);5-6H,3-4H2,1-2H3,(H,8,9);5H,1-4H3;5H,4H2,1-3H3,(H,7,8);2*4H,1-3H3,(H,6,7);4H,1-3H3;1H4/i;;;;;4D2;;;;. The van der Waals surface area contributed by atoms with Crippen molar-refractivity contribution in [3.8, 4) is 0 Å². The first-order valence-electron chi connectivity index (χ1n) is 27.2. The van der Waals surface area contributed by atoms with Gasteiger partial charge in [-0.3, -0.25) is 38.4 Å². The molecule has 0 aromatic heterocycles. The van der Waals surface area contributed by atoms with Crippen LogP contribution in [-0.2, 0) is 43.1 Å². The summed E-state index contributed by atoms with van der Waals surface area (Å²) in [7, 11) is 8.64. The molecular weight excluding hydrogens is 1020 g/mol. The van der Waals surface area contributed by atoms with Gasteiger partial charge in [0.2, 0.25) is 41.4 Å². The van der Waals surface area contributed by atoms with E-state index in [1.165, 1.54) is 26.7 Å². The molecule has 0 saturated heterocycles. The highest BCUT2D eigenvalue weighted by Crippen LogP contribution is 2.19. The maximum atomic E-state index is 12.1. The van der Waals surface area contributed by atoms with Crippen LogP contribution in [0.4, 0.5) is 13.2 Å². The number of methoxy groups -OCH3 is 1. The first kappa shape index (κ1) is 86.5. The molecule has 0 heterocycles. The molecular formula is C56H117F3N8O9S. The lowest BCUT2D eigenvalue weighted by molar-refractivity contribution is -0.132. The summed E-state index contributed by atoms with van der Waals surface area (Å²) in [6.45, 7) is 37.5. The number of hydrogen-bond donors (Lipinski definition) is 7. The maximum Gasteiger partial charge on any atom is 0.262 e. The van der Waals surface area contributed by atoms with E-state index in [0.29, 0.717) is 25.1 Å². The topological polar surface area (TPSA) is 233 Å². The Balaban J connectivity index is -0.000000100. The molecule has 1 unspecified atom stereocenters. The number of Topliss-reactive ketones (excluding diaryl/α,β-unsaturated/α-hetero) is 1. The van der Waals surface area contributed by atoms with Gasteiger partial charge in [-0.1, -0.05) is 144 Å². The summed E-state index contributed by atoms with van der Waals surface area (Å²) in [5.74, 6) is -1.99. The predicted molar refractivity (Wildman–Crippen MR) is 317 cm³/mol. The zero-order valence-corrected chi connectivity index (χ0v) is 53.1. The van der Waals surface area contributed by atoms with E-state index in [9.17, 15) is 51.5 Å². The highest BCUT2D eigenvalue weighted by atomic mass is 32.1. The minimum absolute atomic E-state index is 0. The van der Waals surface area contributed by atoms with Crippen LogP contribution in [0, 0.1) is 53.3 Å². The van der Waals surface area contributed by atoms with Crippen molar-refractivity contribution in [3.05, 3.63) is 0 Å². The lowest BCUT2D eigenvalue weighted by Gasteiger charge is -2.12.